The van der Waals surface area contributed by atoms with Gasteiger partial charge in [-0.3, -0.25) is 19.7 Å². The molecule has 1 N–H and O–H groups in total. The van der Waals surface area contributed by atoms with E-state index in [9.17, 15) is 19.7 Å². The molecule has 0 unspecified atom stereocenters. The number of nitro benzene ring substituents is 1. The van der Waals surface area contributed by atoms with Crippen molar-refractivity contribution in [3.8, 4) is 23.0 Å². The fourth-order valence-electron chi connectivity index (χ4n) is 3.40. The van der Waals surface area contributed by atoms with Crippen LogP contribution in [0, 0.1) is 10.1 Å². The van der Waals surface area contributed by atoms with Crippen LogP contribution in [0.5, 0.6) is 11.5 Å². The average molecular weight is 547 g/mol. The van der Waals surface area contributed by atoms with Gasteiger partial charge in [-0.25, -0.2) is 0 Å². The lowest BCUT2D eigenvalue weighted by Crippen LogP contribution is -2.14. The second-order valence-electron chi connectivity index (χ2n) is 7.91. The Kier molecular flexibility index (Phi) is 8.69. The lowest BCUT2D eigenvalue weighted by atomic mass is 10.1. The van der Waals surface area contributed by atoms with E-state index in [2.05, 4.69) is 15.5 Å². The monoisotopic (exact) mass is 546 g/mol. The average Bonchev–Trinajstić information content (AvgIpc) is 3.44. The van der Waals surface area contributed by atoms with Gasteiger partial charge in [-0.15, -0.1) is 10.2 Å². The quantitative estimate of drug-likeness (QED) is 0.0865. The normalized spacial score (nSPS) is 10.8. The first-order valence-corrected chi connectivity index (χ1v) is 12.4. The minimum atomic E-state index is -0.515. The van der Waals surface area contributed by atoms with Crippen molar-refractivity contribution >= 4 is 40.9 Å². The fourth-order valence-corrected chi connectivity index (χ4v) is 3.97. The lowest BCUT2D eigenvalue weighted by Gasteiger charge is -2.07. The highest BCUT2D eigenvalue weighted by Gasteiger charge is 2.14. The van der Waals surface area contributed by atoms with Gasteiger partial charge >= 0.3 is 0 Å². The molecule has 0 bridgehead atoms. The van der Waals surface area contributed by atoms with Gasteiger partial charge in [0.15, 0.2) is 17.3 Å². The van der Waals surface area contributed by atoms with Crippen LogP contribution in [0.25, 0.3) is 17.5 Å². The standard InChI is InChI=1S/C27H22N4O7S/c1-36-23-13-7-17(14-24(23)37-2)6-12-22(32)18-8-10-20(11-9-18)28-25(33)16-39-27-30-29-26(38-27)19-4-3-5-21(15-19)31(34)35/h3-15H,16H2,1-2H3,(H,28,33)/b12-6-. The molecule has 39 heavy (non-hydrogen) atoms. The fraction of sp³-hybridized carbons (Fsp3) is 0.111. The van der Waals surface area contributed by atoms with E-state index in [0.717, 1.165) is 17.3 Å². The van der Waals surface area contributed by atoms with E-state index >= 15 is 0 Å². The van der Waals surface area contributed by atoms with Gasteiger partial charge in [0.05, 0.1) is 24.9 Å². The van der Waals surface area contributed by atoms with E-state index in [1.165, 1.54) is 24.3 Å². The highest BCUT2D eigenvalue weighted by molar-refractivity contribution is 7.99. The highest BCUT2D eigenvalue weighted by atomic mass is 32.2. The Balaban J connectivity index is 1.29. The number of carbonyl (C=O) groups is 2. The lowest BCUT2D eigenvalue weighted by molar-refractivity contribution is -0.384. The summed E-state index contributed by atoms with van der Waals surface area (Å²) in [5.41, 5.74) is 2.06. The Morgan fingerprint density at radius 1 is 1.03 bits per heavy atom. The third kappa shape index (κ3) is 7.08. The number of hydrogen-bond donors (Lipinski definition) is 1. The second kappa shape index (κ2) is 12.5. The third-order valence-electron chi connectivity index (χ3n) is 5.33. The molecule has 3 aromatic carbocycles. The van der Waals surface area contributed by atoms with Crippen LogP contribution in [-0.2, 0) is 4.79 Å². The minimum Gasteiger partial charge on any atom is -0.493 e. The maximum atomic E-state index is 12.6. The smallest absolute Gasteiger partial charge is 0.277 e. The maximum Gasteiger partial charge on any atom is 0.277 e. The van der Waals surface area contributed by atoms with Crippen LogP contribution in [0.3, 0.4) is 0 Å². The Hall–Kier alpha value is -4.97. The van der Waals surface area contributed by atoms with Crippen LogP contribution < -0.4 is 14.8 Å². The molecule has 0 radical (unpaired) electrons. The van der Waals surface area contributed by atoms with E-state index in [-0.39, 0.29) is 34.2 Å². The van der Waals surface area contributed by atoms with Crippen molar-refractivity contribution in [1.29, 1.82) is 0 Å². The van der Waals surface area contributed by atoms with Crippen molar-refractivity contribution in [1.82, 2.24) is 10.2 Å². The Morgan fingerprint density at radius 3 is 2.51 bits per heavy atom. The first-order chi connectivity index (χ1) is 18.9. The molecule has 12 heteroatoms. The van der Waals surface area contributed by atoms with E-state index in [1.54, 1.807) is 62.8 Å². The number of aromatic nitrogens is 2. The van der Waals surface area contributed by atoms with Gasteiger partial charge in [0, 0.05) is 28.9 Å². The molecule has 0 aliphatic heterocycles. The summed E-state index contributed by atoms with van der Waals surface area (Å²) in [4.78, 5) is 35.4. The molecule has 0 fully saturated rings. The molecule has 1 heterocycles. The van der Waals surface area contributed by atoms with Gasteiger partial charge in [0.1, 0.15) is 0 Å². The van der Waals surface area contributed by atoms with E-state index in [0.29, 0.717) is 28.3 Å². The number of anilines is 1. The van der Waals surface area contributed by atoms with Crippen molar-refractivity contribution in [3.05, 3.63) is 94.0 Å². The molecule has 0 saturated carbocycles. The van der Waals surface area contributed by atoms with Gasteiger partial charge in [-0.1, -0.05) is 30.0 Å². The maximum absolute atomic E-state index is 12.6. The highest BCUT2D eigenvalue weighted by Crippen LogP contribution is 2.28. The van der Waals surface area contributed by atoms with Gasteiger partial charge in [-0.2, -0.15) is 0 Å². The van der Waals surface area contributed by atoms with Crippen LogP contribution >= 0.6 is 11.8 Å². The van der Waals surface area contributed by atoms with Crippen molar-refractivity contribution < 1.29 is 28.4 Å². The van der Waals surface area contributed by atoms with E-state index < -0.39 is 4.92 Å². The molecule has 0 aliphatic carbocycles. The second-order valence-corrected chi connectivity index (χ2v) is 8.83. The van der Waals surface area contributed by atoms with Crippen LogP contribution in [0.15, 0.2) is 82.4 Å². The Bertz CT molecular complexity index is 1530. The molecule has 11 nitrogen and oxygen atoms in total. The zero-order valence-corrected chi connectivity index (χ0v) is 21.6. The van der Waals surface area contributed by atoms with E-state index in [1.807, 2.05) is 6.07 Å². The number of benzene rings is 3. The summed E-state index contributed by atoms with van der Waals surface area (Å²) in [6.45, 7) is 0. The molecule has 198 valence electrons. The van der Waals surface area contributed by atoms with Crippen LogP contribution in [-0.4, -0.2) is 46.8 Å². The molecule has 0 atom stereocenters. The number of allylic oxidation sites excluding steroid dienone is 1. The Morgan fingerprint density at radius 2 is 1.79 bits per heavy atom. The summed E-state index contributed by atoms with van der Waals surface area (Å²) in [6, 6.07) is 17.7. The number of nitro groups is 1. The molecule has 4 aromatic rings. The zero-order valence-electron chi connectivity index (χ0n) is 20.8. The van der Waals surface area contributed by atoms with Crippen molar-refractivity contribution in [2.75, 3.05) is 25.3 Å². The topological polar surface area (TPSA) is 147 Å². The van der Waals surface area contributed by atoms with Crippen LogP contribution in [0.2, 0.25) is 0 Å². The molecule has 1 amide bonds. The first-order valence-electron chi connectivity index (χ1n) is 11.4. The van der Waals surface area contributed by atoms with E-state index in [4.69, 9.17) is 13.9 Å². The third-order valence-corrected chi connectivity index (χ3v) is 6.14. The van der Waals surface area contributed by atoms with Crippen LogP contribution in [0.4, 0.5) is 11.4 Å². The summed E-state index contributed by atoms with van der Waals surface area (Å²) in [5, 5.41) is 21.6. The number of amides is 1. The first kappa shape index (κ1) is 27.1. The summed E-state index contributed by atoms with van der Waals surface area (Å²) in [5.74, 6) is 0.746. The number of hydrogen-bond acceptors (Lipinski definition) is 10. The molecule has 1 aromatic heterocycles. The molecule has 0 saturated heterocycles. The number of rotatable bonds is 11. The zero-order chi connectivity index (χ0) is 27.8. The SMILES string of the molecule is COc1ccc(/C=C\C(=O)c2ccc(NC(=O)CSc3nnc(-c4cccc([N+](=O)[O-])c4)o3)cc2)cc1OC. The summed E-state index contributed by atoms with van der Waals surface area (Å²) in [7, 11) is 3.09. The predicted octanol–water partition coefficient (Wildman–Crippen LogP) is 5.29. The van der Waals surface area contributed by atoms with Crippen molar-refractivity contribution in [2.24, 2.45) is 0 Å². The molecular weight excluding hydrogens is 524 g/mol. The molecule has 4 rings (SSSR count). The van der Waals surface area contributed by atoms with Gasteiger partial charge < -0.3 is 19.2 Å². The number of non-ortho nitro benzene ring substituents is 1. The largest absolute Gasteiger partial charge is 0.493 e. The predicted molar refractivity (Wildman–Crippen MR) is 145 cm³/mol. The molecule has 0 spiro atoms. The summed E-state index contributed by atoms with van der Waals surface area (Å²) < 4.78 is 16.0. The van der Waals surface area contributed by atoms with Gasteiger partial charge in [0.25, 0.3) is 10.9 Å². The minimum absolute atomic E-state index is 0.00862. The number of nitrogens with one attached hydrogen (secondary N) is 1. The molecule has 0 aliphatic rings. The number of ketones is 1. The van der Waals surface area contributed by atoms with Crippen LogP contribution in [0.1, 0.15) is 15.9 Å². The number of carbonyl (C=O) groups excluding carboxylic acids is 2. The Labute approximate surface area is 227 Å². The summed E-state index contributed by atoms with van der Waals surface area (Å²) >= 11 is 1.02. The van der Waals surface area contributed by atoms with Crippen molar-refractivity contribution in [3.63, 3.8) is 0 Å². The molecular formula is C27H22N4O7S. The number of nitrogens with zero attached hydrogens (tertiary/aromatic N) is 3. The number of ether oxygens (including phenoxy) is 2. The van der Waals surface area contributed by atoms with Crippen molar-refractivity contribution in [2.45, 2.75) is 5.22 Å². The number of methoxy groups -OCH3 is 2. The van der Waals surface area contributed by atoms with Gasteiger partial charge in [0.2, 0.25) is 11.8 Å². The summed E-state index contributed by atoms with van der Waals surface area (Å²) in [6.07, 6.45) is 3.14. The number of thioether (sulfide) groups is 1. The van der Waals surface area contributed by atoms with Gasteiger partial charge in [-0.05, 0) is 54.1 Å².